The van der Waals surface area contributed by atoms with Crippen LogP contribution in [-0.2, 0) is 6.54 Å². The SMILES string of the molecule is CC1CN(Cc2cc(C(=O)O)nc(C3CC3)c2)CCC1(F)F. The quantitative estimate of drug-likeness (QED) is 0.928. The van der Waals surface area contributed by atoms with Gasteiger partial charge in [-0.2, -0.15) is 0 Å². The second kappa shape index (κ2) is 5.57. The van der Waals surface area contributed by atoms with Crippen molar-refractivity contribution < 1.29 is 18.7 Å². The van der Waals surface area contributed by atoms with E-state index in [1.807, 2.05) is 11.0 Å². The molecular formula is C16H20F2N2O2. The highest BCUT2D eigenvalue weighted by molar-refractivity contribution is 5.85. The number of pyridine rings is 1. The first kappa shape index (κ1) is 15.3. The van der Waals surface area contributed by atoms with Gasteiger partial charge in [0, 0.05) is 43.6 Å². The molecule has 1 unspecified atom stereocenters. The van der Waals surface area contributed by atoms with Crippen molar-refractivity contribution in [3.05, 3.63) is 29.1 Å². The largest absolute Gasteiger partial charge is 0.477 e. The van der Waals surface area contributed by atoms with Gasteiger partial charge in [-0.1, -0.05) is 6.92 Å². The third-order valence-corrected chi connectivity index (χ3v) is 4.54. The van der Waals surface area contributed by atoms with Gasteiger partial charge in [-0.3, -0.25) is 4.90 Å². The van der Waals surface area contributed by atoms with Gasteiger partial charge >= 0.3 is 5.97 Å². The zero-order valence-corrected chi connectivity index (χ0v) is 12.6. The molecule has 0 bridgehead atoms. The summed E-state index contributed by atoms with van der Waals surface area (Å²) < 4.78 is 27.1. The summed E-state index contributed by atoms with van der Waals surface area (Å²) in [6.45, 7) is 2.73. The molecule has 3 rings (SSSR count). The molecule has 1 atom stereocenters. The van der Waals surface area contributed by atoms with Crippen LogP contribution in [0, 0.1) is 5.92 Å². The first-order valence-corrected chi connectivity index (χ1v) is 7.69. The molecule has 2 fully saturated rings. The van der Waals surface area contributed by atoms with Crippen LogP contribution in [0.15, 0.2) is 12.1 Å². The second-order valence-electron chi connectivity index (χ2n) is 6.51. The van der Waals surface area contributed by atoms with Gasteiger partial charge < -0.3 is 5.11 Å². The summed E-state index contributed by atoms with van der Waals surface area (Å²) in [7, 11) is 0. The Kier molecular flexibility index (Phi) is 3.89. The predicted molar refractivity (Wildman–Crippen MR) is 77.2 cm³/mol. The van der Waals surface area contributed by atoms with Crippen LogP contribution in [0.25, 0.3) is 0 Å². The molecular weight excluding hydrogens is 290 g/mol. The van der Waals surface area contributed by atoms with Crippen molar-refractivity contribution in [1.82, 2.24) is 9.88 Å². The summed E-state index contributed by atoms with van der Waals surface area (Å²) in [6.07, 6.45) is 1.95. The van der Waals surface area contributed by atoms with Gasteiger partial charge in [0.05, 0.1) is 0 Å². The van der Waals surface area contributed by atoms with E-state index in [0.717, 1.165) is 24.1 Å². The van der Waals surface area contributed by atoms with Gasteiger partial charge in [-0.25, -0.2) is 18.6 Å². The number of carbonyl (C=O) groups is 1. The Bertz CT molecular complexity index is 588. The van der Waals surface area contributed by atoms with Crippen molar-refractivity contribution in [2.75, 3.05) is 13.1 Å². The third-order valence-electron chi connectivity index (χ3n) is 4.54. The summed E-state index contributed by atoms with van der Waals surface area (Å²) in [5.74, 6) is -3.95. The molecule has 0 amide bonds. The van der Waals surface area contributed by atoms with E-state index in [2.05, 4.69) is 4.98 Å². The van der Waals surface area contributed by atoms with E-state index in [1.165, 1.54) is 0 Å². The second-order valence-corrected chi connectivity index (χ2v) is 6.51. The Labute approximate surface area is 128 Å². The minimum Gasteiger partial charge on any atom is -0.477 e. The van der Waals surface area contributed by atoms with Crippen molar-refractivity contribution in [2.24, 2.45) is 5.92 Å². The highest BCUT2D eigenvalue weighted by Crippen LogP contribution is 2.39. The average molecular weight is 310 g/mol. The number of halogens is 2. The molecule has 1 aliphatic carbocycles. The highest BCUT2D eigenvalue weighted by Gasteiger charge is 2.41. The Morgan fingerprint density at radius 3 is 2.77 bits per heavy atom. The van der Waals surface area contributed by atoms with E-state index >= 15 is 0 Å². The molecule has 0 aromatic carbocycles. The third kappa shape index (κ3) is 3.27. The van der Waals surface area contributed by atoms with Gasteiger partial charge in [0.1, 0.15) is 5.69 Å². The normalized spacial score (nSPS) is 25.1. The van der Waals surface area contributed by atoms with Crippen LogP contribution in [0.5, 0.6) is 0 Å². The van der Waals surface area contributed by atoms with E-state index in [9.17, 15) is 18.7 Å². The van der Waals surface area contributed by atoms with E-state index in [4.69, 9.17) is 0 Å². The van der Waals surface area contributed by atoms with Crippen molar-refractivity contribution in [3.63, 3.8) is 0 Å². The van der Waals surface area contributed by atoms with E-state index < -0.39 is 17.8 Å². The lowest BCUT2D eigenvalue weighted by Gasteiger charge is -2.36. The van der Waals surface area contributed by atoms with Crippen LogP contribution >= 0.6 is 0 Å². The number of aromatic carboxylic acids is 1. The minimum absolute atomic E-state index is 0.0507. The molecule has 2 heterocycles. The maximum Gasteiger partial charge on any atom is 0.354 e. The number of hydrogen-bond acceptors (Lipinski definition) is 3. The molecule has 1 saturated heterocycles. The highest BCUT2D eigenvalue weighted by atomic mass is 19.3. The zero-order chi connectivity index (χ0) is 15.9. The summed E-state index contributed by atoms with van der Waals surface area (Å²) in [4.78, 5) is 17.4. The lowest BCUT2D eigenvalue weighted by Crippen LogP contribution is -2.45. The van der Waals surface area contributed by atoms with E-state index in [-0.39, 0.29) is 12.1 Å². The standard InChI is InChI=1S/C16H20F2N2O2/c1-10-8-20(5-4-16(10,17)18)9-11-6-13(12-2-3-12)19-14(7-11)15(21)22/h6-7,10,12H,2-5,8-9H2,1H3,(H,21,22). The van der Waals surface area contributed by atoms with Gasteiger partial charge in [0.15, 0.2) is 0 Å². The summed E-state index contributed by atoms with van der Waals surface area (Å²) in [5.41, 5.74) is 1.73. The van der Waals surface area contributed by atoms with Crippen LogP contribution in [0.4, 0.5) is 8.78 Å². The molecule has 1 aliphatic heterocycles. The maximum atomic E-state index is 13.5. The lowest BCUT2D eigenvalue weighted by atomic mass is 9.95. The average Bonchev–Trinajstić information content (AvgIpc) is 3.27. The number of likely N-dealkylation sites (tertiary alicyclic amines) is 1. The lowest BCUT2D eigenvalue weighted by molar-refractivity contribution is -0.100. The topological polar surface area (TPSA) is 53.4 Å². The molecule has 4 nitrogen and oxygen atoms in total. The fourth-order valence-corrected chi connectivity index (χ4v) is 2.97. The molecule has 1 aromatic heterocycles. The molecule has 120 valence electrons. The molecule has 1 N–H and O–H groups in total. The maximum absolute atomic E-state index is 13.5. The molecule has 22 heavy (non-hydrogen) atoms. The molecule has 2 aliphatic rings. The number of rotatable bonds is 4. The number of hydrogen-bond donors (Lipinski definition) is 1. The fraction of sp³-hybridized carbons (Fsp3) is 0.625. The van der Waals surface area contributed by atoms with Gasteiger partial charge in [-0.05, 0) is 30.5 Å². The van der Waals surface area contributed by atoms with Crippen molar-refractivity contribution in [3.8, 4) is 0 Å². The number of carboxylic acid groups (broad SMARTS) is 1. The fourth-order valence-electron chi connectivity index (χ4n) is 2.97. The first-order valence-electron chi connectivity index (χ1n) is 7.69. The molecule has 1 saturated carbocycles. The van der Waals surface area contributed by atoms with E-state index in [1.54, 1.807) is 13.0 Å². The Hall–Kier alpha value is -1.56. The number of nitrogens with zero attached hydrogens (tertiary/aromatic N) is 2. The summed E-state index contributed by atoms with van der Waals surface area (Å²) in [5, 5.41) is 9.18. The first-order chi connectivity index (χ1) is 10.3. The van der Waals surface area contributed by atoms with Crippen LogP contribution in [0.1, 0.15) is 53.8 Å². The Balaban J connectivity index is 1.76. The molecule has 0 spiro atoms. The Morgan fingerprint density at radius 2 is 2.18 bits per heavy atom. The number of aromatic nitrogens is 1. The monoisotopic (exact) mass is 310 g/mol. The summed E-state index contributed by atoms with van der Waals surface area (Å²) >= 11 is 0. The smallest absolute Gasteiger partial charge is 0.354 e. The van der Waals surface area contributed by atoms with Crippen LogP contribution < -0.4 is 0 Å². The van der Waals surface area contributed by atoms with Gasteiger partial charge in [0.25, 0.3) is 5.92 Å². The molecule has 6 heteroatoms. The number of alkyl halides is 2. The predicted octanol–water partition coefficient (Wildman–Crippen LogP) is 3.13. The molecule has 1 aromatic rings. The van der Waals surface area contributed by atoms with Crippen LogP contribution in [0.3, 0.4) is 0 Å². The van der Waals surface area contributed by atoms with Gasteiger partial charge in [-0.15, -0.1) is 0 Å². The zero-order valence-electron chi connectivity index (χ0n) is 12.6. The number of carboxylic acids is 1. The molecule has 0 radical (unpaired) electrons. The van der Waals surface area contributed by atoms with Crippen LogP contribution in [-0.4, -0.2) is 40.0 Å². The Morgan fingerprint density at radius 1 is 1.45 bits per heavy atom. The van der Waals surface area contributed by atoms with Crippen molar-refractivity contribution in [1.29, 1.82) is 0 Å². The van der Waals surface area contributed by atoms with Crippen LogP contribution in [0.2, 0.25) is 0 Å². The van der Waals surface area contributed by atoms with Gasteiger partial charge in [0.2, 0.25) is 0 Å². The minimum atomic E-state index is -2.60. The summed E-state index contributed by atoms with van der Waals surface area (Å²) in [6, 6.07) is 3.49. The number of piperidine rings is 1. The van der Waals surface area contributed by atoms with Crippen molar-refractivity contribution in [2.45, 2.75) is 44.6 Å². The van der Waals surface area contributed by atoms with Crippen molar-refractivity contribution >= 4 is 5.97 Å². The van der Waals surface area contributed by atoms with E-state index in [0.29, 0.717) is 25.6 Å².